The number of hydrogen-bond acceptors (Lipinski definition) is 2. The SMILES string of the molecule is O=C(O)c1nn(Cc2ccc(F)cc2F)c2cc(Cl)ccc12. The molecule has 0 saturated heterocycles. The molecular formula is C15H9ClF2N2O2. The van der Waals surface area contributed by atoms with Crippen molar-refractivity contribution < 1.29 is 18.7 Å². The topological polar surface area (TPSA) is 55.1 Å². The minimum atomic E-state index is -1.19. The van der Waals surface area contributed by atoms with Crippen molar-refractivity contribution in [3.8, 4) is 0 Å². The second-order valence-electron chi connectivity index (χ2n) is 4.71. The lowest BCUT2D eigenvalue weighted by atomic mass is 10.2. The first-order valence-electron chi connectivity index (χ1n) is 6.29. The monoisotopic (exact) mass is 322 g/mol. The second-order valence-corrected chi connectivity index (χ2v) is 5.15. The molecule has 3 aromatic rings. The molecule has 1 N–H and O–H groups in total. The molecule has 0 aliphatic rings. The molecule has 7 heteroatoms. The van der Waals surface area contributed by atoms with Crippen LogP contribution in [0.15, 0.2) is 36.4 Å². The number of benzene rings is 2. The minimum Gasteiger partial charge on any atom is -0.476 e. The number of aromatic carboxylic acids is 1. The molecule has 0 atom stereocenters. The normalized spacial score (nSPS) is 11.0. The summed E-state index contributed by atoms with van der Waals surface area (Å²) in [6.45, 7) is -0.0315. The van der Waals surface area contributed by atoms with Gasteiger partial charge in [-0.3, -0.25) is 4.68 Å². The number of carbonyl (C=O) groups is 1. The van der Waals surface area contributed by atoms with Crippen LogP contribution in [-0.4, -0.2) is 20.9 Å². The molecule has 112 valence electrons. The van der Waals surface area contributed by atoms with E-state index in [-0.39, 0.29) is 17.8 Å². The third-order valence-corrected chi connectivity index (χ3v) is 3.49. The summed E-state index contributed by atoms with van der Waals surface area (Å²) in [5.74, 6) is -2.59. The van der Waals surface area contributed by atoms with Gasteiger partial charge in [-0.2, -0.15) is 5.10 Å². The van der Waals surface area contributed by atoms with Crippen LogP contribution in [0.3, 0.4) is 0 Å². The molecule has 0 aliphatic carbocycles. The fraction of sp³-hybridized carbons (Fsp3) is 0.0667. The number of carboxylic acids is 1. The van der Waals surface area contributed by atoms with Gasteiger partial charge in [0.1, 0.15) is 11.6 Å². The summed E-state index contributed by atoms with van der Waals surface area (Å²) >= 11 is 5.92. The van der Waals surface area contributed by atoms with Crippen LogP contribution in [0.4, 0.5) is 8.78 Å². The van der Waals surface area contributed by atoms with Crippen molar-refractivity contribution in [1.29, 1.82) is 0 Å². The van der Waals surface area contributed by atoms with Crippen LogP contribution in [0.25, 0.3) is 10.9 Å². The maximum Gasteiger partial charge on any atom is 0.357 e. The number of hydrogen-bond donors (Lipinski definition) is 1. The largest absolute Gasteiger partial charge is 0.476 e. The molecule has 22 heavy (non-hydrogen) atoms. The van der Waals surface area contributed by atoms with E-state index in [9.17, 15) is 18.7 Å². The summed E-state index contributed by atoms with van der Waals surface area (Å²) in [6.07, 6.45) is 0. The van der Waals surface area contributed by atoms with Gasteiger partial charge < -0.3 is 5.11 Å². The van der Waals surface area contributed by atoms with Crippen molar-refractivity contribution in [2.24, 2.45) is 0 Å². The van der Waals surface area contributed by atoms with Gasteiger partial charge in [0, 0.05) is 22.0 Å². The van der Waals surface area contributed by atoms with Crippen molar-refractivity contribution in [2.45, 2.75) is 6.54 Å². The Morgan fingerprint density at radius 2 is 2.00 bits per heavy atom. The Kier molecular flexibility index (Phi) is 3.54. The van der Waals surface area contributed by atoms with E-state index in [0.717, 1.165) is 12.1 Å². The van der Waals surface area contributed by atoms with Gasteiger partial charge >= 0.3 is 5.97 Å². The van der Waals surface area contributed by atoms with E-state index in [1.54, 1.807) is 18.2 Å². The minimum absolute atomic E-state index is 0.0315. The van der Waals surface area contributed by atoms with E-state index in [1.165, 1.54) is 10.7 Å². The maximum atomic E-state index is 13.8. The molecule has 0 amide bonds. The number of rotatable bonds is 3. The number of aromatic nitrogens is 2. The third kappa shape index (κ3) is 2.53. The van der Waals surface area contributed by atoms with E-state index in [2.05, 4.69) is 5.10 Å². The highest BCUT2D eigenvalue weighted by molar-refractivity contribution is 6.31. The van der Waals surface area contributed by atoms with Crippen LogP contribution >= 0.6 is 11.6 Å². The van der Waals surface area contributed by atoms with Gasteiger partial charge in [-0.05, 0) is 24.3 Å². The number of nitrogens with zero attached hydrogens (tertiary/aromatic N) is 2. The lowest BCUT2D eigenvalue weighted by molar-refractivity contribution is 0.0691. The standard InChI is InChI=1S/C15H9ClF2N2O2/c16-9-2-4-11-13(5-9)20(19-14(11)15(21)22)7-8-1-3-10(17)6-12(8)18/h1-6H,7H2,(H,21,22). The molecule has 0 aliphatic heterocycles. The summed E-state index contributed by atoms with van der Waals surface area (Å²) < 4.78 is 28.0. The first-order chi connectivity index (χ1) is 10.5. The van der Waals surface area contributed by atoms with Crippen molar-refractivity contribution in [3.63, 3.8) is 0 Å². The first-order valence-corrected chi connectivity index (χ1v) is 6.67. The molecule has 0 bridgehead atoms. The lowest BCUT2D eigenvalue weighted by Gasteiger charge is -2.05. The average Bonchev–Trinajstić information content (AvgIpc) is 2.80. The molecule has 4 nitrogen and oxygen atoms in total. The van der Waals surface area contributed by atoms with Crippen LogP contribution < -0.4 is 0 Å². The van der Waals surface area contributed by atoms with Crippen molar-refractivity contribution in [3.05, 3.63) is 64.3 Å². The highest BCUT2D eigenvalue weighted by Crippen LogP contribution is 2.24. The zero-order valence-electron chi connectivity index (χ0n) is 11.1. The van der Waals surface area contributed by atoms with Gasteiger partial charge in [0.15, 0.2) is 5.69 Å². The third-order valence-electron chi connectivity index (χ3n) is 3.25. The zero-order valence-corrected chi connectivity index (χ0v) is 11.8. The Labute approximate surface area is 128 Å². The van der Waals surface area contributed by atoms with Gasteiger partial charge in [0.2, 0.25) is 0 Å². The van der Waals surface area contributed by atoms with Crippen LogP contribution in [0.2, 0.25) is 5.02 Å². The van der Waals surface area contributed by atoms with Gasteiger partial charge in [0.25, 0.3) is 0 Å². The first kappa shape index (κ1) is 14.5. The van der Waals surface area contributed by atoms with Crippen LogP contribution in [0.5, 0.6) is 0 Å². The summed E-state index contributed by atoms with van der Waals surface area (Å²) in [7, 11) is 0. The second kappa shape index (κ2) is 5.38. The van der Waals surface area contributed by atoms with E-state index in [1.807, 2.05) is 0 Å². The van der Waals surface area contributed by atoms with Gasteiger partial charge in [-0.1, -0.05) is 17.7 Å². The zero-order chi connectivity index (χ0) is 15.9. The van der Waals surface area contributed by atoms with Gasteiger partial charge in [-0.25, -0.2) is 13.6 Å². The highest BCUT2D eigenvalue weighted by atomic mass is 35.5. The lowest BCUT2D eigenvalue weighted by Crippen LogP contribution is -2.06. The average molecular weight is 323 g/mol. The summed E-state index contributed by atoms with van der Waals surface area (Å²) in [6, 6.07) is 7.86. The predicted molar refractivity (Wildman–Crippen MR) is 77.2 cm³/mol. The Balaban J connectivity index is 2.14. The Hall–Kier alpha value is -2.47. The van der Waals surface area contributed by atoms with Gasteiger partial charge in [-0.15, -0.1) is 0 Å². The quantitative estimate of drug-likeness (QED) is 0.799. The van der Waals surface area contributed by atoms with E-state index >= 15 is 0 Å². The molecule has 0 saturated carbocycles. The van der Waals surface area contributed by atoms with Gasteiger partial charge in [0.05, 0.1) is 12.1 Å². The fourth-order valence-corrected chi connectivity index (χ4v) is 2.40. The number of fused-ring (bicyclic) bond motifs is 1. The summed E-state index contributed by atoms with van der Waals surface area (Å²) in [4.78, 5) is 11.2. The van der Waals surface area contributed by atoms with Crippen molar-refractivity contribution >= 4 is 28.5 Å². The molecule has 1 aromatic heterocycles. The highest BCUT2D eigenvalue weighted by Gasteiger charge is 2.17. The molecule has 0 unspecified atom stereocenters. The molecule has 0 fully saturated rings. The van der Waals surface area contributed by atoms with Crippen molar-refractivity contribution in [1.82, 2.24) is 9.78 Å². The smallest absolute Gasteiger partial charge is 0.357 e. The molecule has 2 aromatic carbocycles. The molecule has 1 heterocycles. The Morgan fingerprint density at radius 3 is 2.68 bits per heavy atom. The Bertz CT molecular complexity index is 893. The summed E-state index contributed by atoms with van der Waals surface area (Å²) in [5.41, 5.74) is 0.519. The van der Waals surface area contributed by atoms with Crippen LogP contribution in [0, 0.1) is 11.6 Å². The number of halogens is 3. The maximum absolute atomic E-state index is 13.8. The van der Waals surface area contributed by atoms with Crippen LogP contribution in [0.1, 0.15) is 16.1 Å². The van der Waals surface area contributed by atoms with E-state index in [4.69, 9.17) is 11.6 Å². The number of carboxylic acid groups (broad SMARTS) is 1. The molecular weight excluding hydrogens is 314 g/mol. The predicted octanol–water partition coefficient (Wildman–Crippen LogP) is 3.71. The molecule has 0 spiro atoms. The molecule has 3 rings (SSSR count). The van der Waals surface area contributed by atoms with Crippen molar-refractivity contribution in [2.75, 3.05) is 0 Å². The fourth-order valence-electron chi connectivity index (χ4n) is 2.24. The van der Waals surface area contributed by atoms with Crippen LogP contribution in [-0.2, 0) is 6.54 Å². The molecule has 0 radical (unpaired) electrons. The van der Waals surface area contributed by atoms with E-state index < -0.39 is 17.6 Å². The summed E-state index contributed by atoms with van der Waals surface area (Å²) in [5, 5.41) is 14.0. The van der Waals surface area contributed by atoms with E-state index in [0.29, 0.717) is 15.9 Å². The Morgan fingerprint density at radius 1 is 1.23 bits per heavy atom.